The molecule has 19 heavy (non-hydrogen) atoms. The lowest BCUT2D eigenvalue weighted by Gasteiger charge is -2.33. The fourth-order valence-corrected chi connectivity index (χ4v) is 3.22. The Morgan fingerprint density at radius 1 is 1.37 bits per heavy atom. The minimum Gasteiger partial charge on any atom is -0.496 e. The largest absolute Gasteiger partial charge is 0.496 e. The molecular weight excluding hydrogens is 238 g/mol. The van der Waals surface area contributed by atoms with Gasteiger partial charge in [-0.2, -0.15) is 0 Å². The molecule has 1 aliphatic rings. The Balaban J connectivity index is 2.41. The van der Waals surface area contributed by atoms with Crippen LogP contribution in [0.15, 0.2) is 18.2 Å². The fourth-order valence-electron chi connectivity index (χ4n) is 3.22. The molecule has 0 saturated heterocycles. The van der Waals surface area contributed by atoms with Crippen LogP contribution < -0.4 is 9.64 Å². The molecular formula is C16H25NO2. The topological polar surface area (TPSA) is 32.7 Å². The number of ether oxygens (including phenoxy) is 1. The number of nitrogens with zero attached hydrogens (tertiary/aromatic N) is 1. The van der Waals surface area contributed by atoms with E-state index in [1.165, 1.54) is 25.7 Å². The van der Waals surface area contributed by atoms with Crippen molar-refractivity contribution < 1.29 is 9.84 Å². The maximum atomic E-state index is 10.1. The first-order valence-electron chi connectivity index (χ1n) is 7.30. The smallest absolute Gasteiger partial charge is 0.126 e. The summed E-state index contributed by atoms with van der Waals surface area (Å²) in [5, 5.41) is 10.1. The van der Waals surface area contributed by atoms with Gasteiger partial charge in [0.1, 0.15) is 5.75 Å². The molecule has 1 atom stereocenters. The van der Waals surface area contributed by atoms with E-state index in [0.717, 1.165) is 23.5 Å². The van der Waals surface area contributed by atoms with Crippen LogP contribution in [0, 0.1) is 0 Å². The second kappa shape index (κ2) is 6.29. The van der Waals surface area contributed by atoms with E-state index in [4.69, 9.17) is 4.74 Å². The molecule has 0 heterocycles. The summed E-state index contributed by atoms with van der Waals surface area (Å²) in [5.74, 6) is 0.781. The third kappa shape index (κ3) is 2.86. The number of hydrogen-bond acceptors (Lipinski definition) is 3. The number of anilines is 1. The summed E-state index contributed by atoms with van der Waals surface area (Å²) in [5.41, 5.74) is 2.04. The molecule has 0 aromatic heterocycles. The minimum atomic E-state index is -0.512. The molecule has 0 unspecified atom stereocenters. The van der Waals surface area contributed by atoms with Gasteiger partial charge in [0.25, 0.3) is 0 Å². The summed E-state index contributed by atoms with van der Waals surface area (Å²) in [6, 6.07) is 6.65. The SMILES string of the molecule is CCN(c1cccc(OC)c1[C@@H](C)O)C1CCCC1. The first-order valence-corrected chi connectivity index (χ1v) is 7.30. The summed E-state index contributed by atoms with van der Waals surface area (Å²) < 4.78 is 5.42. The van der Waals surface area contributed by atoms with Crippen LogP contribution in [0.3, 0.4) is 0 Å². The van der Waals surface area contributed by atoms with Gasteiger partial charge in [0, 0.05) is 23.8 Å². The van der Waals surface area contributed by atoms with Crippen LogP contribution in [0.1, 0.15) is 51.2 Å². The normalized spacial score (nSPS) is 17.5. The van der Waals surface area contributed by atoms with Gasteiger partial charge in [-0.05, 0) is 38.8 Å². The predicted molar refractivity (Wildman–Crippen MR) is 78.9 cm³/mol. The van der Waals surface area contributed by atoms with Crippen LogP contribution >= 0.6 is 0 Å². The number of hydrogen-bond donors (Lipinski definition) is 1. The third-order valence-corrected chi connectivity index (χ3v) is 4.10. The van der Waals surface area contributed by atoms with Crippen LogP contribution in [0.5, 0.6) is 5.75 Å². The first kappa shape index (κ1) is 14.2. The standard InChI is InChI=1S/C16H25NO2/c1-4-17(13-8-5-6-9-13)14-10-7-11-15(19-3)16(14)12(2)18/h7,10-13,18H,4-6,8-9H2,1-3H3/t12-/m1/s1. The van der Waals surface area contributed by atoms with E-state index < -0.39 is 6.10 Å². The van der Waals surface area contributed by atoms with Crippen molar-refractivity contribution in [3.8, 4) is 5.75 Å². The van der Waals surface area contributed by atoms with Gasteiger partial charge < -0.3 is 14.7 Å². The predicted octanol–water partition coefficient (Wildman–Crippen LogP) is 3.52. The molecule has 106 valence electrons. The van der Waals surface area contributed by atoms with E-state index >= 15 is 0 Å². The molecule has 0 aliphatic heterocycles. The van der Waals surface area contributed by atoms with Crippen molar-refractivity contribution in [2.45, 2.75) is 51.7 Å². The van der Waals surface area contributed by atoms with Crippen molar-refractivity contribution in [1.82, 2.24) is 0 Å². The molecule has 0 radical (unpaired) electrons. The molecule has 1 aromatic rings. The summed E-state index contributed by atoms with van der Waals surface area (Å²) in [6.45, 7) is 4.96. The van der Waals surface area contributed by atoms with Gasteiger partial charge in [-0.3, -0.25) is 0 Å². The van der Waals surface area contributed by atoms with E-state index in [2.05, 4.69) is 17.9 Å². The highest BCUT2D eigenvalue weighted by atomic mass is 16.5. The molecule has 3 nitrogen and oxygen atoms in total. The zero-order valence-electron chi connectivity index (χ0n) is 12.2. The maximum absolute atomic E-state index is 10.1. The zero-order chi connectivity index (χ0) is 13.8. The monoisotopic (exact) mass is 263 g/mol. The maximum Gasteiger partial charge on any atom is 0.126 e. The number of methoxy groups -OCH3 is 1. The van der Waals surface area contributed by atoms with Crippen molar-refractivity contribution in [2.75, 3.05) is 18.6 Å². The van der Waals surface area contributed by atoms with E-state index in [1.54, 1.807) is 7.11 Å². The number of aliphatic hydroxyl groups is 1. The zero-order valence-corrected chi connectivity index (χ0v) is 12.2. The van der Waals surface area contributed by atoms with Crippen molar-refractivity contribution >= 4 is 5.69 Å². The van der Waals surface area contributed by atoms with Gasteiger partial charge in [0.15, 0.2) is 0 Å². The first-order chi connectivity index (χ1) is 9.19. The summed E-state index contributed by atoms with van der Waals surface area (Å²) >= 11 is 0. The average molecular weight is 263 g/mol. The van der Waals surface area contributed by atoms with Crippen LogP contribution in [-0.2, 0) is 0 Å². The van der Waals surface area contributed by atoms with Crippen molar-refractivity contribution in [1.29, 1.82) is 0 Å². The number of aliphatic hydroxyl groups excluding tert-OH is 1. The highest BCUT2D eigenvalue weighted by Crippen LogP contribution is 2.37. The second-order valence-electron chi connectivity index (χ2n) is 5.29. The van der Waals surface area contributed by atoms with Crippen LogP contribution in [0.4, 0.5) is 5.69 Å². The van der Waals surface area contributed by atoms with E-state index in [1.807, 2.05) is 19.1 Å². The minimum absolute atomic E-state index is 0.512. The van der Waals surface area contributed by atoms with Crippen LogP contribution in [0.25, 0.3) is 0 Å². The van der Waals surface area contributed by atoms with E-state index in [-0.39, 0.29) is 0 Å². The molecule has 1 fully saturated rings. The third-order valence-electron chi connectivity index (χ3n) is 4.10. The number of benzene rings is 1. The Labute approximate surface area is 116 Å². The molecule has 1 aromatic carbocycles. The lowest BCUT2D eigenvalue weighted by Crippen LogP contribution is -2.34. The summed E-state index contributed by atoms with van der Waals surface area (Å²) in [4.78, 5) is 2.43. The Bertz CT molecular complexity index is 411. The Morgan fingerprint density at radius 3 is 2.58 bits per heavy atom. The molecule has 0 bridgehead atoms. The van der Waals surface area contributed by atoms with Crippen molar-refractivity contribution in [3.05, 3.63) is 23.8 Å². The van der Waals surface area contributed by atoms with Gasteiger partial charge in [-0.15, -0.1) is 0 Å². The van der Waals surface area contributed by atoms with Crippen LogP contribution in [0.2, 0.25) is 0 Å². The Morgan fingerprint density at radius 2 is 2.05 bits per heavy atom. The molecule has 0 spiro atoms. The van der Waals surface area contributed by atoms with Crippen molar-refractivity contribution in [2.24, 2.45) is 0 Å². The van der Waals surface area contributed by atoms with Gasteiger partial charge >= 0.3 is 0 Å². The van der Waals surface area contributed by atoms with E-state index in [9.17, 15) is 5.11 Å². The molecule has 1 N–H and O–H groups in total. The Kier molecular flexibility index (Phi) is 4.70. The van der Waals surface area contributed by atoms with Gasteiger partial charge in [0.05, 0.1) is 13.2 Å². The molecule has 1 saturated carbocycles. The van der Waals surface area contributed by atoms with Gasteiger partial charge in [0.2, 0.25) is 0 Å². The molecule has 2 rings (SSSR count). The Hall–Kier alpha value is -1.22. The fraction of sp³-hybridized carbons (Fsp3) is 0.625. The number of rotatable bonds is 5. The van der Waals surface area contributed by atoms with Crippen LogP contribution in [-0.4, -0.2) is 24.8 Å². The van der Waals surface area contributed by atoms with Gasteiger partial charge in [-0.1, -0.05) is 18.9 Å². The molecule has 1 aliphatic carbocycles. The second-order valence-corrected chi connectivity index (χ2v) is 5.29. The van der Waals surface area contributed by atoms with E-state index in [0.29, 0.717) is 6.04 Å². The highest BCUT2D eigenvalue weighted by Gasteiger charge is 2.25. The lowest BCUT2D eigenvalue weighted by atomic mass is 10.0. The molecule has 3 heteroatoms. The van der Waals surface area contributed by atoms with Crippen molar-refractivity contribution in [3.63, 3.8) is 0 Å². The quantitative estimate of drug-likeness (QED) is 0.882. The highest BCUT2D eigenvalue weighted by molar-refractivity contribution is 5.61. The van der Waals surface area contributed by atoms with Gasteiger partial charge in [-0.25, -0.2) is 0 Å². The summed E-state index contributed by atoms with van der Waals surface area (Å²) in [7, 11) is 1.66. The summed E-state index contributed by atoms with van der Waals surface area (Å²) in [6.07, 6.45) is 4.63. The average Bonchev–Trinajstić information content (AvgIpc) is 2.93. The molecule has 0 amide bonds. The lowest BCUT2D eigenvalue weighted by molar-refractivity contribution is 0.194.